The Kier molecular flexibility index (Phi) is 3.48. The fraction of sp³-hybridized carbons (Fsp3) is 0.316. The van der Waals surface area contributed by atoms with Crippen LogP contribution in [0.4, 0.5) is 5.69 Å². The second kappa shape index (κ2) is 5.97. The zero-order valence-electron chi connectivity index (χ0n) is 14.0. The van der Waals surface area contributed by atoms with Crippen LogP contribution in [0, 0.1) is 0 Å². The maximum absolute atomic E-state index is 5.49. The summed E-state index contributed by atoms with van der Waals surface area (Å²) in [5.41, 5.74) is 2.40. The summed E-state index contributed by atoms with van der Waals surface area (Å²) >= 11 is 0. The maximum atomic E-state index is 5.49. The van der Waals surface area contributed by atoms with Crippen molar-refractivity contribution >= 4 is 16.6 Å². The third-order valence-electron chi connectivity index (χ3n) is 4.98. The average Bonchev–Trinajstić information content (AvgIpc) is 3.29. The molecule has 0 N–H and O–H groups in total. The molecule has 0 amide bonds. The molecule has 25 heavy (non-hydrogen) atoms. The van der Waals surface area contributed by atoms with Crippen LogP contribution in [-0.2, 0) is 6.67 Å². The molecule has 0 bridgehead atoms. The molecule has 0 atom stereocenters. The Morgan fingerprint density at radius 1 is 0.920 bits per heavy atom. The molecule has 6 heteroatoms. The van der Waals surface area contributed by atoms with Gasteiger partial charge < -0.3 is 14.4 Å². The van der Waals surface area contributed by atoms with Gasteiger partial charge in [-0.05, 0) is 18.2 Å². The van der Waals surface area contributed by atoms with Crippen molar-refractivity contribution < 1.29 is 9.47 Å². The number of fused-ring (bicyclic) bond motifs is 2. The van der Waals surface area contributed by atoms with Gasteiger partial charge in [0, 0.05) is 43.3 Å². The highest BCUT2D eigenvalue weighted by Crippen LogP contribution is 2.35. The van der Waals surface area contributed by atoms with Crippen molar-refractivity contribution in [3.05, 3.63) is 48.7 Å². The smallest absolute Gasteiger partial charge is 0.231 e. The van der Waals surface area contributed by atoms with E-state index < -0.39 is 0 Å². The van der Waals surface area contributed by atoms with Gasteiger partial charge in [0.1, 0.15) is 0 Å². The second-order valence-corrected chi connectivity index (χ2v) is 6.49. The number of hydrogen-bond acceptors (Lipinski definition) is 5. The van der Waals surface area contributed by atoms with Crippen LogP contribution >= 0.6 is 0 Å². The number of benzene rings is 2. The maximum Gasteiger partial charge on any atom is 0.231 e. The first-order valence-electron chi connectivity index (χ1n) is 8.64. The van der Waals surface area contributed by atoms with Crippen LogP contribution in [0.3, 0.4) is 0 Å². The molecule has 2 aromatic carbocycles. The Morgan fingerprint density at radius 3 is 2.68 bits per heavy atom. The van der Waals surface area contributed by atoms with E-state index in [1.54, 1.807) is 0 Å². The van der Waals surface area contributed by atoms with Crippen molar-refractivity contribution in [2.24, 2.45) is 0 Å². The molecule has 0 saturated carbocycles. The fourth-order valence-electron chi connectivity index (χ4n) is 3.56. The highest BCUT2D eigenvalue weighted by Gasteiger charge is 2.20. The number of ether oxygens (including phenoxy) is 2. The monoisotopic (exact) mass is 336 g/mol. The van der Waals surface area contributed by atoms with Gasteiger partial charge in [-0.15, -0.1) is 0 Å². The van der Waals surface area contributed by atoms with E-state index in [-0.39, 0.29) is 0 Å². The zero-order valence-corrected chi connectivity index (χ0v) is 14.0. The van der Waals surface area contributed by atoms with Gasteiger partial charge in [-0.1, -0.05) is 18.2 Å². The lowest BCUT2D eigenvalue weighted by Crippen LogP contribution is -2.46. The molecule has 6 nitrogen and oxygen atoms in total. The minimum absolute atomic E-state index is 0.324. The van der Waals surface area contributed by atoms with E-state index in [2.05, 4.69) is 56.0 Å². The Morgan fingerprint density at radius 2 is 1.76 bits per heavy atom. The van der Waals surface area contributed by atoms with Crippen LogP contribution in [0.15, 0.2) is 48.7 Å². The molecular weight excluding hydrogens is 316 g/mol. The van der Waals surface area contributed by atoms with E-state index in [0.717, 1.165) is 44.3 Å². The molecule has 2 aliphatic rings. The van der Waals surface area contributed by atoms with Gasteiger partial charge in [-0.3, -0.25) is 9.58 Å². The number of hydrogen-bond donors (Lipinski definition) is 0. The molecule has 128 valence electrons. The van der Waals surface area contributed by atoms with Crippen LogP contribution < -0.4 is 14.4 Å². The van der Waals surface area contributed by atoms with Crippen molar-refractivity contribution in [3.8, 4) is 11.5 Å². The molecule has 2 aliphatic heterocycles. The molecule has 5 rings (SSSR count). The lowest BCUT2D eigenvalue weighted by Gasteiger charge is -2.36. The van der Waals surface area contributed by atoms with Crippen molar-refractivity contribution in [2.45, 2.75) is 6.67 Å². The van der Waals surface area contributed by atoms with E-state index in [4.69, 9.17) is 9.47 Å². The summed E-state index contributed by atoms with van der Waals surface area (Å²) < 4.78 is 13.0. The van der Waals surface area contributed by atoms with Crippen molar-refractivity contribution in [1.82, 2.24) is 14.7 Å². The minimum atomic E-state index is 0.324. The number of para-hydroxylation sites is 1. The Balaban J connectivity index is 1.25. The largest absolute Gasteiger partial charge is 0.454 e. The summed E-state index contributed by atoms with van der Waals surface area (Å²) in [5, 5.41) is 5.73. The van der Waals surface area contributed by atoms with E-state index in [0.29, 0.717) is 6.79 Å². The van der Waals surface area contributed by atoms with Gasteiger partial charge in [-0.2, -0.15) is 5.10 Å². The lowest BCUT2D eigenvalue weighted by atomic mass is 10.2. The first kappa shape index (κ1) is 14.6. The van der Waals surface area contributed by atoms with Gasteiger partial charge >= 0.3 is 0 Å². The predicted octanol–water partition coefficient (Wildman–Crippen LogP) is 2.54. The number of piperazine rings is 1. The van der Waals surface area contributed by atoms with Crippen LogP contribution in [0.5, 0.6) is 11.5 Å². The summed E-state index contributed by atoms with van der Waals surface area (Å²) in [6.07, 6.45) is 1.94. The molecule has 0 spiro atoms. The zero-order chi connectivity index (χ0) is 16.6. The third kappa shape index (κ3) is 2.68. The normalized spacial score (nSPS) is 17.4. The Hall–Kier alpha value is -2.73. The van der Waals surface area contributed by atoms with Gasteiger partial charge in [0.15, 0.2) is 11.5 Å². The van der Waals surface area contributed by atoms with E-state index >= 15 is 0 Å². The molecule has 0 unspecified atom stereocenters. The second-order valence-electron chi connectivity index (χ2n) is 6.49. The Bertz CT molecular complexity index is 899. The molecule has 0 aliphatic carbocycles. The predicted molar refractivity (Wildman–Crippen MR) is 96.1 cm³/mol. The summed E-state index contributed by atoms with van der Waals surface area (Å²) in [6.45, 7) is 5.19. The highest BCUT2D eigenvalue weighted by molar-refractivity contribution is 5.78. The molecule has 1 saturated heterocycles. The number of nitrogens with zero attached hydrogens (tertiary/aromatic N) is 4. The first-order valence-corrected chi connectivity index (χ1v) is 8.64. The summed E-state index contributed by atoms with van der Waals surface area (Å²) in [7, 11) is 0. The first-order chi connectivity index (χ1) is 12.4. The van der Waals surface area contributed by atoms with E-state index in [1.165, 1.54) is 16.6 Å². The summed E-state index contributed by atoms with van der Waals surface area (Å²) in [4.78, 5) is 4.85. The van der Waals surface area contributed by atoms with E-state index in [9.17, 15) is 0 Å². The van der Waals surface area contributed by atoms with Gasteiger partial charge in [0.2, 0.25) is 6.79 Å². The van der Waals surface area contributed by atoms with Crippen LogP contribution in [0.2, 0.25) is 0 Å². The molecular formula is C19H20N4O2. The van der Waals surface area contributed by atoms with Gasteiger partial charge in [0.05, 0.1) is 18.4 Å². The number of aromatic nitrogens is 2. The minimum Gasteiger partial charge on any atom is -0.454 e. The quantitative estimate of drug-likeness (QED) is 0.735. The van der Waals surface area contributed by atoms with Crippen molar-refractivity contribution in [2.75, 3.05) is 37.9 Å². The van der Waals surface area contributed by atoms with Gasteiger partial charge in [0.25, 0.3) is 0 Å². The molecule has 1 aromatic heterocycles. The number of rotatable bonds is 3. The topological polar surface area (TPSA) is 42.8 Å². The number of anilines is 1. The lowest BCUT2D eigenvalue weighted by molar-refractivity contribution is 0.174. The summed E-state index contributed by atoms with van der Waals surface area (Å²) in [6, 6.07) is 14.6. The van der Waals surface area contributed by atoms with Crippen molar-refractivity contribution in [3.63, 3.8) is 0 Å². The summed E-state index contributed by atoms with van der Waals surface area (Å²) in [5.74, 6) is 1.69. The molecule has 0 radical (unpaired) electrons. The van der Waals surface area contributed by atoms with Crippen LogP contribution in [0.25, 0.3) is 10.9 Å². The van der Waals surface area contributed by atoms with Crippen LogP contribution in [-0.4, -0.2) is 47.7 Å². The molecule has 1 fully saturated rings. The van der Waals surface area contributed by atoms with Crippen molar-refractivity contribution in [1.29, 1.82) is 0 Å². The van der Waals surface area contributed by atoms with Gasteiger partial charge in [-0.25, -0.2) is 0 Å². The molecule has 3 heterocycles. The SMILES string of the molecule is c1ccc2c(c1)cnn2CN1CCN(c2ccc3c(c2)OCO3)CC1. The standard InChI is InChI=1S/C19H20N4O2/c1-2-4-17-15(3-1)12-20-23(17)13-21-7-9-22(10-8-21)16-5-6-18-19(11-16)25-14-24-18/h1-6,11-12H,7-10,13-14H2. The van der Waals surface area contributed by atoms with Crippen LogP contribution in [0.1, 0.15) is 0 Å². The highest BCUT2D eigenvalue weighted by atomic mass is 16.7. The Labute approximate surface area is 146 Å². The third-order valence-corrected chi connectivity index (χ3v) is 4.98. The average molecular weight is 336 g/mol. The molecule has 3 aromatic rings. The van der Waals surface area contributed by atoms with E-state index in [1.807, 2.05) is 12.3 Å². The fourth-order valence-corrected chi connectivity index (χ4v) is 3.56.